The minimum atomic E-state index is -0.488. The van der Waals surface area contributed by atoms with Gasteiger partial charge < -0.3 is 15.0 Å². The molecule has 0 radical (unpaired) electrons. The lowest BCUT2D eigenvalue weighted by atomic mass is 10.1. The van der Waals surface area contributed by atoms with Crippen molar-refractivity contribution < 1.29 is 14.3 Å². The summed E-state index contributed by atoms with van der Waals surface area (Å²) in [5, 5.41) is 3.48. The number of amides is 1. The third-order valence-electron chi connectivity index (χ3n) is 5.60. The number of aromatic amines is 1. The molecule has 7 nitrogen and oxygen atoms in total. The molecule has 1 heterocycles. The van der Waals surface area contributed by atoms with Crippen LogP contribution in [0.1, 0.15) is 41.6 Å². The Kier molecular flexibility index (Phi) is 5.99. The predicted molar refractivity (Wildman–Crippen MR) is 120 cm³/mol. The first kappa shape index (κ1) is 21.0. The molecule has 0 saturated heterocycles. The molecule has 4 rings (SSSR count). The molecule has 1 aliphatic rings. The number of nitrogens with one attached hydrogen (secondary N) is 2. The minimum Gasteiger partial charge on any atom is -0.465 e. The quantitative estimate of drug-likeness (QED) is 0.471. The maximum absolute atomic E-state index is 13.1. The van der Waals surface area contributed by atoms with Crippen LogP contribution < -0.4 is 10.9 Å². The molecule has 1 saturated carbocycles. The number of esters is 1. The predicted octanol–water partition coefficient (Wildman–Crippen LogP) is 3.44. The van der Waals surface area contributed by atoms with Crippen molar-refractivity contribution in [3.05, 3.63) is 68.7 Å². The molecular formula is C23H23N3O4S. The van der Waals surface area contributed by atoms with Gasteiger partial charge in [0.2, 0.25) is 5.91 Å². The van der Waals surface area contributed by atoms with E-state index in [9.17, 15) is 14.4 Å². The molecule has 0 aliphatic heterocycles. The summed E-state index contributed by atoms with van der Waals surface area (Å²) >= 11 is 5.40. The molecular weight excluding hydrogens is 414 g/mol. The normalized spacial score (nSPS) is 14.0. The van der Waals surface area contributed by atoms with Gasteiger partial charge in [0, 0.05) is 6.04 Å². The van der Waals surface area contributed by atoms with Crippen LogP contribution in [0.15, 0.2) is 47.3 Å². The number of carbonyl (C=O) groups excluding carboxylic acids is 2. The number of fused-ring (bicyclic) bond motifs is 1. The Morgan fingerprint density at radius 2 is 1.87 bits per heavy atom. The zero-order valence-electron chi connectivity index (χ0n) is 17.1. The molecule has 8 heteroatoms. The van der Waals surface area contributed by atoms with Crippen LogP contribution in [0.25, 0.3) is 16.6 Å². The Balaban J connectivity index is 1.59. The lowest BCUT2D eigenvalue weighted by Crippen LogP contribution is -2.33. The molecule has 2 N–H and O–H groups in total. The second kappa shape index (κ2) is 8.85. The van der Waals surface area contributed by atoms with Crippen LogP contribution in [-0.4, -0.2) is 34.6 Å². The maximum atomic E-state index is 13.1. The van der Waals surface area contributed by atoms with Crippen LogP contribution in [0.5, 0.6) is 0 Å². The number of methoxy groups -OCH3 is 1. The van der Waals surface area contributed by atoms with Crippen molar-refractivity contribution in [3.63, 3.8) is 0 Å². The summed E-state index contributed by atoms with van der Waals surface area (Å²) in [6.07, 6.45) is 4.74. The molecule has 1 aliphatic carbocycles. The SMILES string of the molecule is COC(=O)c1ccc2c(=O)n(-c3ccc(CC(=O)NC4CCCC4)cc3)c(=S)[nH]c2c1. The van der Waals surface area contributed by atoms with Gasteiger partial charge in [-0.1, -0.05) is 25.0 Å². The van der Waals surface area contributed by atoms with E-state index in [1.807, 2.05) is 12.1 Å². The van der Waals surface area contributed by atoms with Gasteiger partial charge >= 0.3 is 5.97 Å². The molecule has 1 fully saturated rings. The molecule has 3 aromatic rings. The highest BCUT2D eigenvalue weighted by Gasteiger charge is 2.17. The van der Waals surface area contributed by atoms with E-state index in [1.165, 1.54) is 24.5 Å². The van der Waals surface area contributed by atoms with Crippen LogP contribution in [0.3, 0.4) is 0 Å². The maximum Gasteiger partial charge on any atom is 0.337 e. The Bertz CT molecular complexity index is 1250. The van der Waals surface area contributed by atoms with Gasteiger partial charge in [-0.05, 0) is 61.0 Å². The summed E-state index contributed by atoms with van der Waals surface area (Å²) < 4.78 is 6.34. The van der Waals surface area contributed by atoms with Crippen molar-refractivity contribution in [1.82, 2.24) is 14.9 Å². The van der Waals surface area contributed by atoms with E-state index in [4.69, 9.17) is 17.0 Å². The van der Waals surface area contributed by atoms with E-state index in [-0.39, 0.29) is 16.2 Å². The van der Waals surface area contributed by atoms with Gasteiger partial charge in [-0.3, -0.25) is 14.2 Å². The van der Waals surface area contributed by atoms with E-state index >= 15 is 0 Å². The number of rotatable bonds is 5. The van der Waals surface area contributed by atoms with E-state index in [2.05, 4.69) is 10.3 Å². The second-order valence-electron chi connectivity index (χ2n) is 7.71. The Hall–Kier alpha value is -3.26. The molecule has 0 spiro atoms. The van der Waals surface area contributed by atoms with Gasteiger partial charge in [0.05, 0.1) is 35.7 Å². The fourth-order valence-corrected chi connectivity index (χ4v) is 4.29. The highest BCUT2D eigenvalue weighted by atomic mass is 32.1. The fraction of sp³-hybridized carbons (Fsp3) is 0.304. The number of aromatic nitrogens is 2. The summed E-state index contributed by atoms with van der Waals surface area (Å²) in [6, 6.07) is 12.2. The fourth-order valence-electron chi connectivity index (χ4n) is 3.99. The van der Waals surface area contributed by atoms with Gasteiger partial charge in [0.1, 0.15) is 0 Å². The van der Waals surface area contributed by atoms with Crippen LogP contribution in [0, 0.1) is 4.77 Å². The van der Waals surface area contributed by atoms with E-state index in [1.54, 1.807) is 30.3 Å². The van der Waals surface area contributed by atoms with E-state index in [0.717, 1.165) is 18.4 Å². The highest BCUT2D eigenvalue weighted by molar-refractivity contribution is 7.71. The topological polar surface area (TPSA) is 93.2 Å². The zero-order chi connectivity index (χ0) is 22.0. The second-order valence-corrected chi connectivity index (χ2v) is 8.10. The van der Waals surface area contributed by atoms with E-state index < -0.39 is 5.97 Å². The number of nitrogens with zero attached hydrogens (tertiary/aromatic N) is 1. The van der Waals surface area contributed by atoms with Crippen molar-refractivity contribution >= 4 is 35.0 Å². The van der Waals surface area contributed by atoms with Gasteiger partial charge in [-0.25, -0.2) is 4.79 Å². The summed E-state index contributed by atoms with van der Waals surface area (Å²) in [7, 11) is 1.30. The average molecular weight is 438 g/mol. The van der Waals surface area contributed by atoms with Crippen molar-refractivity contribution in [1.29, 1.82) is 0 Å². The molecule has 1 aromatic heterocycles. The Morgan fingerprint density at radius 1 is 1.16 bits per heavy atom. The van der Waals surface area contributed by atoms with Crippen LogP contribution >= 0.6 is 12.2 Å². The Labute approximate surface area is 184 Å². The van der Waals surface area contributed by atoms with Crippen LogP contribution in [-0.2, 0) is 16.0 Å². The Morgan fingerprint density at radius 3 is 2.55 bits per heavy atom. The zero-order valence-corrected chi connectivity index (χ0v) is 18.0. The van der Waals surface area contributed by atoms with Gasteiger partial charge in [-0.2, -0.15) is 0 Å². The van der Waals surface area contributed by atoms with Crippen molar-refractivity contribution in [2.45, 2.75) is 38.1 Å². The van der Waals surface area contributed by atoms with Crippen molar-refractivity contribution in [3.8, 4) is 5.69 Å². The summed E-state index contributed by atoms with van der Waals surface area (Å²) in [5.41, 5.74) is 1.98. The molecule has 0 atom stereocenters. The minimum absolute atomic E-state index is 0.0150. The average Bonchev–Trinajstić information content (AvgIpc) is 3.26. The first-order valence-electron chi connectivity index (χ1n) is 10.2. The number of benzene rings is 2. The third-order valence-corrected chi connectivity index (χ3v) is 5.88. The molecule has 160 valence electrons. The van der Waals surface area contributed by atoms with Crippen molar-refractivity contribution in [2.24, 2.45) is 0 Å². The molecule has 2 aromatic carbocycles. The smallest absolute Gasteiger partial charge is 0.337 e. The number of ether oxygens (including phenoxy) is 1. The molecule has 31 heavy (non-hydrogen) atoms. The molecule has 0 unspecified atom stereocenters. The first-order chi connectivity index (χ1) is 15.0. The van der Waals surface area contributed by atoms with Crippen molar-refractivity contribution in [2.75, 3.05) is 7.11 Å². The lowest BCUT2D eigenvalue weighted by molar-refractivity contribution is -0.121. The van der Waals surface area contributed by atoms with Gasteiger partial charge in [0.15, 0.2) is 4.77 Å². The first-order valence-corrected chi connectivity index (χ1v) is 10.6. The third kappa shape index (κ3) is 4.44. The summed E-state index contributed by atoms with van der Waals surface area (Å²) in [6.45, 7) is 0. The van der Waals surface area contributed by atoms with Gasteiger partial charge in [0.25, 0.3) is 5.56 Å². The molecule has 0 bridgehead atoms. The summed E-state index contributed by atoms with van der Waals surface area (Å²) in [4.78, 5) is 40.1. The van der Waals surface area contributed by atoms with Crippen LogP contribution in [0.2, 0.25) is 0 Å². The van der Waals surface area contributed by atoms with Crippen LogP contribution in [0.4, 0.5) is 0 Å². The molecule has 1 amide bonds. The highest BCUT2D eigenvalue weighted by Crippen LogP contribution is 2.18. The number of H-pyrrole nitrogens is 1. The van der Waals surface area contributed by atoms with E-state index in [0.29, 0.717) is 34.6 Å². The van der Waals surface area contributed by atoms with Gasteiger partial charge in [-0.15, -0.1) is 0 Å². The summed E-state index contributed by atoms with van der Waals surface area (Å²) in [5.74, 6) is -0.473. The number of carbonyl (C=O) groups is 2. The standard InChI is InChI=1S/C23H23N3O4S/c1-30-22(29)15-8-11-18-19(13-15)25-23(31)26(21(18)28)17-9-6-14(7-10-17)12-20(27)24-16-4-2-3-5-16/h6-11,13,16H,2-5,12H2,1H3,(H,24,27)(H,25,31). The number of hydrogen-bond acceptors (Lipinski definition) is 5. The number of hydrogen-bond donors (Lipinski definition) is 2. The lowest BCUT2D eigenvalue weighted by Gasteiger charge is -2.12. The monoisotopic (exact) mass is 437 g/mol. The largest absolute Gasteiger partial charge is 0.465 e.